The number of rotatable bonds is 7. The molecule has 1 aromatic carbocycles. The van der Waals surface area contributed by atoms with Crippen molar-refractivity contribution in [3.8, 4) is 0 Å². The maximum atomic E-state index is 12.0. The molecule has 0 fully saturated rings. The predicted octanol–water partition coefficient (Wildman–Crippen LogP) is 2.62. The third-order valence-corrected chi connectivity index (χ3v) is 4.11. The topological polar surface area (TPSA) is 58.2 Å². The molecule has 1 unspecified atom stereocenters. The highest BCUT2D eigenvalue weighted by molar-refractivity contribution is 7.09. The Kier molecular flexibility index (Phi) is 6.15. The summed E-state index contributed by atoms with van der Waals surface area (Å²) < 4.78 is 0. The first-order chi connectivity index (χ1) is 10.6. The number of thiophene rings is 1. The normalized spacial score (nSPS) is 11.7. The number of hydrogen-bond donors (Lipinski definition) is 2. The van der Waals surface area contributed by atoms with Gasteiger partial charge in [0.25, 0.3) is 5.91 Å². The van der Waals surface area contributed by atoms with Gasteiger partial charge in [0.2, 0.25) is 5.91 Å². The van der Waals surface area contributed by atoms with Crippen LogP contribution in [-0.4, -0.2) is 24.4 Å². The van der Waals surface area contributed by atoms with E-state index in [4.69, 9.17) is 0 Å². The van der Waals surface area contributed by atoms with Crippen LogP contribution >= 0.6 is 11.3 Å². The third-order valence-electron chi connectivity index (χ3n) is 3.18. The van der Waals surface area contributed by atoms with Gasteiger partial charge in [-0.05, 0) is 36.9 Å². The van der Waals surface area contributed by atoms with Crippen molar-refractivity contribution in [3.05, 3.63) is 58.3 Å². The zero-order valence-corrected chi connectivity index (χ0v) is 13.4. The fourth-order valence-electron chi connectivity index (χ4n) is 2.08. The second-order valence-corrected chi connectivity index (χ2v) is 6.16. The lowest BCUT2D eigenvalue weighted by Gasteiger charge is -2.13. The lowest BCUT2D eigenvalue weighted by molar-refractivity contribution is -0.121. The monoisotopic (exact) mass is 316 g/mol. The molecule has 0 aliphatic rings. The molecule has 0 spiro atoms. The Hall–Kier alpha value is -2.14. The molecule has 0 radical (unpaired) electrons. The van der Waals surface area contributed by atoms with Crippen LogP contribution in [0.25, 0.3) is 0 Å². The van der Waals surface area contributed by atoms with Gasteiger partial charge in [-0.1, -0.05) is 24.3 Å². The molecule has 1 aromatic heterocycles. The highest BCUT2D eigenvalue weighted by atomic mass is 32.1. The average Bonchev–Trinajstić information content (AvgIpc) is 3.01. The maximum absolute atomic E-state index is 12.0. The van der Waals surface area contributed by atoms with Crippen LogP contribution in [0.4, 0.5) is 0 Å². The number of amides is 2. The minimum atomic E-state index is -0.200. The molecule has 2 aromatic rings. The summed E-state index contributed by atoms with van der Waals surface area (Å²) >= 11 is 1.69. The molecule has 0 aliphatic carbocycles. The van der Waals surface area contributed by atoms with Gasteiger partial charge < -0.3 is 10.6 Å². The molecule has 0 saturated carbocycles. The molecule has 116 valence electrons. The molecular weight excluding hydrogens is 296 g/mol. The van der Waals surface area contributed by atoms with Crippen LogP contribution in [0.1, 0.15) is 28.6 Å². The van der Waals surface area contributed by atoms with Crippen LogP contribution in [-0.2, 0) is 11.2 Å². The van der Waals surface area contributed by atoms with Crippen LogP contribution in [0.3, 0.4) is 0 Å². The fraction of sp³-hybridized carbons (Fsp3) is 0.294. The first-order valence-corrected chi connectivity index (χ1v) is 8.18. The van der Waals surface area contributed by atoms with Crippen molar-refractivity contribution < 1.29 is 9.59 Å². The zero-order valence-electron chi connectivity index (χ0n) is 12.5. The van der Waals surface area contributed by atoms with Gasteiger partial charge in [-0.15, -0.1) is 11.3 Å². The largest absolute Gasteiger partial charge is 0.356 e. The molecule has 2 rings (SSSR count). The molecule has 0 saturated heterocycles. The van der Waals surface area contributed by atoms with Crippen molar-refractivity contribution in [2.24, 2.45) is 0 Å². The van der Waals surface area contributed by atoms with Crippen LogP contribution in [0.5, 0.6) is 0 Å². The Labute approximate surface area is 134 Å². The highest BCUT2D eigenvalue weighted by Crippen LogP contribution is 2.08. The van der Waals surface area contributed by atoms with E-state index in [0.717, 1.165) is 6.42 Å². The standard InChI is InChI=1S/C17H20N2O2S/c1-13(19-17(21)14-6-3-2-4-7-14)12-16(20)18-10-9-15-8-5-11-22-15/h2-8,11,13H,9-10,12H2,1H3,(H,18,20)(H,19,21). The molecule has 5 heteroatoms. The Morgan fingerprint density at radius 1 is 1.14 bits per heavy atom. The molecule has 22 heavy (non-hydrogen) atoms. The summed E-state index contributed by atoms with van der Waals surface area (Å²) in [6, 6.07) is 12.9. The molecular formula is C17H20N2O2S. The Morgan fingerprint density at radius 2 is 1.91 bits per heavy atom. The molecule has 4 nitrogen and oxygen atoms in total. The van der Waals surface area contributed by atoms with Crippen molar-refractivity contribution in [1.82, 2.24) is 10.6 Å². The first-order valence-electron chi connectivity index (χ1n) is 7.30. The average molecular weight is 316 g/mol. The van der Waals surface area contributed by atoms with E-state index < -0.39 is 0 Å². The summed E-state index contributed by atoms with van der Waals surface area (Å²) in [6.07, 6.45) is 1.12. The van der Waals surface area contributed by atoms with E-state index in [1.165, 1.54) is 4.88 Å². The lowest BCUT2D eigenvalue weighted by atomic mass is 10.1. The van der Waals surface area contributed by atoms with Gasteiger partial charge in [0.05, 0.1) is 0 Å². The fourth-order valence-corrected chi connectivity index (χ4v) is 2.79. The van der Waals surface area contributed by atoms with Crippen LogP contribution in [0, 0.1) is 0 Å². The van der Waals surface area contributed by atoms with E-state index in [9.17, 15) is 9.59 Å². The molecule has 1 heterocycles. The second kappa shape index (κ2) is 8.34. The van der Waals surface area contributed by atoms with E-state index in [1.54, 1.807) is 23.5 Å². The summed E-state index contributed by atoms with van der Waals surface area (Å²) in [4.78, 5) is 25.1. The van der Waals surface area contributed by atoms with E-state index in [-0.39, 0.29) is 24.3 Å². The van der Waals surface area contributed by atoms with Gasteiger partial charge in [-0.3, -0.25) is 9.59 Å². The lowest BCUT2D eigenvalue weighted by Crippen LogP contribution is -2.37. The van der Waals surface area contributed by atoms with Crippen LogP contribution in [0.15, 0.2) is 47.8 Å². The SMILES string of the molecule is CC(CC(=O)NCCc1cccs1)NC(=O)c1ccccc1. The Balaban J connectivity index is 1.68. The minimum absolute atomic E-state index is 0.0441. The third kappa shape index (κ3) is 5.33. The number of benzene rings is 1. The van der Waals surface area contributed by atoms with Crippen molar-refractivity contribution in [1.29, 1.82) is 0 Å². The quantitative estimate of drug-likeness (QED) is 0.825. The predicted molar refractivity (Wildman–Crippen MR) is 89.0 cm³/mol. The van der Waals surface area contributed by atoms with E-state index in [0.29, 0.717) is 12.1 Å². The minimum Gasteiger partial charge on any atom is -0.356 e. The molecule has 1 atom stereocenters. The van der Waals surface area contributed by atoms with Crippen molar-refractivity contribution in [3.63, 3.8) is 0 Å². The van der Waals surface area contributed by atoms with E-state index in [1.807, 2.05) is 36.6 Å². The summed E-state index contributed by atoms with van der Waals surface area (Å²) in [6.45, 7) is 2.46. The summed E-state index contributed by atoms with van der Waals surface area (Å²) in [5.74, 6) is -0.197. The Bertz CT molecular complexity index is 596. The van der Waals surface area contributed by atoms with Crippen LogP contribution < -0.4 is 10.6 Å². The van der Waals surface area contributed by atoms with Gasteiger partial charge in [0.1, 0.15) is 0 Å². The number of nitrogens with one attached hydrogen (secondary N) is 2. The van der Waals surface area contributed by atoms with Crippen molar-refractivity contribution >= 4 is 23.2 Å². The van der Waals surface area contributed by atoms with Gasteiger partial charge >= 0.3 is 0 Å². The second-order valence-electron chi connectivity index (χ2n) is 5.12. The van der Waals surface area contributed by atoms with Crippen molar-refractivity contribution in [2.75, 3.05) is 6.54 Å². The summed E-state index contributed by atoms with van der Waals surface area (Å²) in [7, 11) is 0. The maximum Gasteiger partial charge on any atom is 0.251 e. The zero-order chi connectivity index (χ0) is 15.8. The first kappa shape index (κ1) is 16.2. The Morgan fingerprint density at radius 3 is 2.59 bits per heavy atom. The van der Waals surface area contributed by atoms with Gasteiger partial charge in [-0.25, -0.2) is 0 Å². The van der Waals surface area contributed by atoms with E-state index in [2.05, 4.69) is 16.7 Å². The molecule has 2 N–H and O–H groups in total. The summed E-state index contributed by atoms with van der Waals surface area (Å²) in [5, 5.41) is 7.74. The van der Waals surface area contributed by atoms with Gasteiger partial charge in [-0.2, -0.15) is 0 Å². The molecule has 2 amide bonds. The molecule has 0 bridgehead atoms. The van der Waals surface area contributed by atoms with Crippen molar-refractivity contribution in [2.45, 2.75) is 25.8 Å². The highest BCUT2D eigenvalue weighted by Gasteiger charge is 2.12. The molecule has 0 aliphatic heterocycles. The number of hydrogen-bond acceptors (Lipinski definition) is 3. The number of carbonyl (C=O) groups is 2. The van der Waals surface area contributed by atoms with Gasteiger partial charge in [0, 0.05) is 29.4 Å². The smallest absolute Gasteiger partial charge is 0.251 e. The van der Waals surface area contributed by atoms with E-state index >= 15 is 0 Å². The number of carbonyl (C=O) groups excluding carboxylic acids is 2. The van der Waals surface area contributed by atoms with Gasteiger partial charge in [0.15, 0.2) is 0 Å². The van der Waals surface area contributed by atoms with Crippen LogP contribution in [0.2, 0.25) is 0 Å². The summed E-state index contributed by atoms with van der Waals surface area (Å²) in [5.41, 5.74) is 0.604.